The van der Waals surface area contributed by atoms with Crippen molar-refractivity contribution in [2.75, 3.05) is 0 Å². The maximum absolute atomic E-state index is 13.1. The maximum Gasteiger partial charge on any atom is 0.267 e. The van der Waals surface area contributed by atoms with Crippen LogP contribution < -0.4 is 10.7 Å². The van der Waals surface area contributed by atoms with E-state index in [1.165, 1.54) is 18.2 Å². The highest BCUT2D eigenvalue weighted by molar-refractivity contribution is 6.06. The lowest BCUT2D eigenvalue weighted by Crippen LogP contribution is -2.23. The highest BCUT2D eigenvalue weighted by Gasteiger charge is 2.23. The Balaban J connectivity index is 1.51. The summed E-state index contributed by atoms with van der Waals surface area (Å²) in [6.07, 6.45) is 0.315. The number of furan rings is 1. The Hall–Kier alpha value is -4.46. The van der Waals surface area contributed by atoms with E-state index in [-0.39, 0.29) is 23.9 Å². The number of hydrogen-bond acceptors (Lipinski definition) is 6. The Morgan fingerprint density at radius 1 is 0.909 bits per heavy atom. The SMILES string of the molecule is O=C(NCc1cc(=O)c(O)c(C(=O)c2ccc(Cc3ccc(F)cc3)o2)o1)c1ccccc1. The van der Waals surface area contributed by atoms with Crippen molar-refractivity contribution in [1.29, 1.82) is 0 Å². The van der Waals surface area contributed by atoms with Gasteiger partial charge in [0.25, 0.3) is 11.7 Å². The molecule has 0 aliphatic heterocycles. The van der Waals surface area contributed by atoms with E-state index in [9.17, 15) is 23.9 Å². The Morgan fingerprint density at radius 2 is 1.64 bits per heavy atom. The lowest BCUT2D eigenvalue weighted by atomic mass is 10.1. The summed E-state index contributed by atoms with van der Waals surface area (Å²) in [5, 5.41) is 12.7. The lowest BCUT2D eigenvalue weighted by molar-refractivity contribution is 0.0946. The molecule has 4 rings (SSSR count). The van der Waals surface area contributed by atoms with Crippen molar-refractivity contribution < 1.29 is 27.9 Å². The van der Waals surface area contributed by atoms with Crippen LogP contribution >= 0.6 is 0 Å². The molecule has 0 aliphatic carbocycles. The van der Waals surface area contributed by atoms with E-state index in [2.05, 4.69) is 5.32 Å². The van der Waals surface area contributed by atoms with Crippen molar-refractivity contribution in [3.8, 4) is 5.75 Å². The highest BCUT2D eigenvalue weighted by Crippen LogP contribution is 2.21. The molecule has 0 bridgehead atoms. The van der Waals surface area contributed by atoms with Gasteiger partial charge in [0.1, 0.15) is 17.3 Å². The van der Waals surface area contributed by atoms with Crippen LogP contribution in [-0.4, -0.2) is 16.8 Å². The lowest BCUT2D eigenvalue weighted by Gasteiger charge is -2.07. The molecule has 0 saturated carbocycles. The molecule has 2 N–H and O–H groups in total. The van der Waals surface area contributed by atoms with Crippen molar-refractivity contribution in [3.05, 3.63) is 123 Å². The molecular weight excluding hydrogens is 429 g/mol. The zero-order chi connectivity index (χ0) is 23.4. The predicted octanol–water partition coefficient (Wildman–Crippen LogP) is 3.83. The van der Waals surface area contributed by atoms with Gasteiger partial charge in [-0.2, -0.15) is 0 Å². The van der Waals surface area contributed by atoms with Gasteiger partial charge in [-0.05, 0) is 42.0 Å². The van der Waals surface area contributed by atoms with E-state index in [4.69, 9.17) is 8.83 Å². The summed E-state index contributed by atoms with van der Waals surface area (Å²) in [6.45, 7) is -0.169. The summed E-state index contributed by atoms with van der Waals surface area (Å²) < 4.78 is 24.0. The van der Waals surface area contributed by atoms with Crippen LogP contribution in [0.15, 0.2) is 86.4 Å². The van der Waals surface area contributed by atoms with E-state index < -0.39 is 28.6 Å². The first-order valence-electron chi connectivity index (χ1n) is 9.98. The van der Waals surface area contributed by atoms with Crippen molar-refractivity contribution in [2.45, 2.75) is 13.0 Å². The van der Waals surface area contributed by atoms with E-state index in [0.29, 0.717) is 17.7 Å². The van der Waals surface area contributed by atoms with Crippen LogP contribution in [0.5, 0.6) is 5.75 Å². The molecule has 0 fully saturated rings. The average Bonchev–Trinajstić information content (AvgIpc) is 3.29. The first-order chi connectivity index (χ1) is 15.9. The second-order valence-corrected chi connectivity index (χ2v) is 7.20. The van der Waals surface area contributed by atoms with Gasteiger partial charge in [-0.3, -0.25) is 14.4 Å². The van der Waals surface area contributed by atoms with E-state index in [1.807, 2.05) is 0 Å². The molecule has 0 radical (unpaired) electrons. The van der Waals surface area contributed by atoms with Gasteiger partial charge in [-0.1, -0.05) is 30.3 Å². The van der Waals surface area contributed by atoms with Crippen molar-refractivity contribution in [1.82, 2.24) is 5.32 Å². The Labute approximate surface area is 187 Å². The van der Waals surface area contributed by atoms with E-state index >= 15 is 0 Å². The van der Waals surface area contributed by atoms with Crippen LogP contribution in [0.3, 0.4) is 0 Å². The Morgan fingerprint density at radius 3 is 2.36 bits per heavy atom. The number of ketones is 1. The predicted molar refractivity (Wildman–Crippen MR) is 116 cm³/mol. The smallest absolute Gasteiger partial charge is 0.267 e. The number of amides is 1. The van der Waals surface area contributed by atoms with Gasteiger partial charge in [0.2, 0.25) is 16.9 Å². The number of nitrogens with one attached hydrogen (secondary N) is 1. The molecule has 0 spiro atoms. The normalized spacial score (nSPS) is 10.7. The molecule has 0 saturated heterocycles. The van der Waals surface area contributed by atoms with Crippen LogP contribution in [0.4, 0.5) is 4.39 Å². The number of benzene rings is 2. The molecule has 33 heavy (non-hydrogen) atoms. The zero-order valence-corrected chi connectivity index (χ0v) is 17.2. The molecule has 0 atom stereocenters. The number of carbonyl (C=O) groups excluding carboxylic acids is 2. The van der Waals surface area contributed by atoms with E-state index in [0.717, 1.165) is 11.6 Å². The van der Waals surface area contributed by atoms with Crippen LogP contribution in [-0.2, 0) is 13.0 Å². The molecule has 1 amide bonds. The fourth-order valence-corrected chi connectivity index (χ4v) is 3.15. The van der Waals surface area contributed by atoms with Crippen LogP contribution in [0.1, 0.15) is 43.8 Å². The van der Waals surface area contributed by atoms with Crippen molar-refractivity contribution in [2.24, 2.45) is 0 Å². The zero-order valence-electron chi connectivity index (χ0n) is 17.2. The molecule has 0 unspecified atom stereocenters. The number of hydrogen-bond donors (Lipinski definition) is 2. The standard InChI is InChI=1S/C25H18FNO6/c26-17-8-6-15(7-9-17)12-18-10-11-21(32-18)23(30)24-22(29)20(28)13-19(33-24)14-27-25(31)16-4-2-1-3-5-16/h1-11,13,29H,12,14H2,(H,27,31). The van der Waals surface area contributed by atoms with Gasteiger partial charge < -0.3 is 19.3 Å². The first-order valence-corrected chi connectivity index (χ1v) is 9.98. The molecule has 8 heteroatoms. The second-order valence-electron chi connectivity index (χ2n) is 7.20. The number of carbonyl (C=O) groups is 2. The molecule has 2 aromatic carbocycles. The van der Waals surface area contributed by atoms with Gasteiger partial charge in [0.05, 0.1) is 6.54 Å². The van der Waals surface area contributed by atoms with Gasteiger partial charge in [-0.25, -0.2) is 4.39 Å². The third-order valence-corrected chi connectivity index (χ3v) is 4.82. The minimum Gasteiger partial charge on any atom is -0.501 e. The maximum atomic E-state index is 13.1. The van der Waals surface area contributed by atoms with E-state index in [1.54, 1.807) is 48.5 Å². The Bertz CT molecular complexity index is 1360. The molecular formula is C25H18FNO6. The minimum absolute atomic E-state index is 0.0106. The molecule has 2 aromatic heterocycles. The van der Waals surface area contributed by atoms with Crippen LogP contribution in [0.2, 0.25) is 0 Å². The van der Waals surface area contributed by atoms with Crippen molar-refractivity contribution >= 4 is 11.7 Å². The van der Waals surface area contributed by atoms with Gasteiger partial charge in [0.15, 0.2) is 5.76 Å². The first kappa shape index (κ1) is 21.8. The summed E-state index contributed by atoms with van der Waals surface area (Å²) in [6, 6.07) is 18.2. The quantitative estimate of drug-likeness (QED) is 0.417. The highest BCUT2D eigenvalue weighted by atomic mass is 19.1. The Kier molecular flexibility index (Phi) is 6.17. The van der Waals surface area contributed by atoms with Gasteiger partial charge in [0, 0.05) is 18.1 Å². The fraction of sp³-hybridized carbons (Fsp3) is 0.0800. The number of halogens is 1. The molecule has 2 heterocycles. The number of aromatic hydroxyl groups is 1. The van der Waals surface area contributed by atoms with Crippen LogP contribution in [0, 0.1) is 5.82 Å². The van der Waals surface area contributed by atoms with Gasteiger partial charge >= 0.3 is 0 Å². The third kappa shape index (κ3) is 5.07. The molecule has 0 aliphatic rings. The molecule has 166 valence electrons. The van der Waals surface area contributed by atoms with Crippen molar-refractivity contribution in [3.63, 3.8) is 0 Å². The average molecular weight is 447 g/mol. The topological polar surface area (TPSA) is 110 Å². The van der Waals surface area contributed by atoms with Crippen LogP contribution in [0.25, 0.3) is 0 Å². The summed E-state index contributed by atoms with van der Waals surface area (Å²) in [4.78, 5) is 37.2. The van der Waals surface area contributed by atoms with Gasteiger partial charge in [-0.15, -0.1) is 0 Å². The summed E-state index contributed by atoms with van der Waals surface area (Å²) in [5.41, 5.74) is 0.362. The molecule has 4 aromatic rings. The third-order valence-electron chi connectivity index (χ3n) is 4.82. The fourth-order valence-electron chi connectivity index (χ4n) is 3.15. The largest absolute Gasteiger partial charge is 0.501 e. The second kappa shape index (κ2) is 9.35. The monoisotopic (exact) mass is 447 g/mol. The number of rotatable bonds is 7. The minimum atomic E-state index is -0.852. The summed E-state index contributed by atoms with van der Waals surface area (Å²) >= 11 is 0. The summed E-state index contributed by atoms with van der Waals surface area (Å²) in [5.74, 6) is -2.75. The summed E-state index contributed by atoms with van der Waals surface area (Å²) in [7, 11) is 0. The molecule has 7 nitrogen and oxygen atoms in total.